The maximum atomic E-state index is 14.7. The molecule has 7 nitrogen and oxygen atoms in total. The van der Waals surface area contributed by atoms with Crippen LogP contribution in [0.15, 0.2) is 42.5 Å². The Bertz CT molecular complexity index is 1430. The molecule has 0 radical (unpaired) electrons. The number of alkyl halides is 4. The second-order valence-electron chi connectivity index (χ2n) is 9.94. The first-order valence-corrected chi connectivity index (χ1v) is 13.8. The molecule has 0 saturated carbocycles. The summed E-state index contributed by atoms with van der Waals surface area (Å²) in [5, 5.41) is 3.73. The number of hydrogen-bond donors (Lipinski definition) is 1. The summed E-state index contributed by atoms with van der Waals surface area (Å²) < 4.78 is 67.4. The maximum absolute atomic E-state index is 14.7. The molecule has 1 amide bonds. The van der Waals surface area contributed by atoms with Gasteiger partial charge in [0.1, 0.15) is 19.3 Å². The molecule has 2 heterocycles. The third kappa shape index (κ3) is 8.10. The molecule has 0 spiro atoms. The van der Waals surface area contributed by atoms with E-state index in [1.807, 2.05) is 25.8 Å². The minimum Gasteiger partial charge on any atom is -0.493 e. The van der Waals surface area contributed by atoms with E-state index >= 15 is 0 Å². The van der Waals surface area contributed by atoms with Crippen LogP contribution in [0.1, 0.15) is 36.3 Å². The Morgan fingerprint density at radius 2 is 1.88 bits per heavy atom. The van der Waals surface area contributed by atoms with E-state index in [1.54, 1.807) is 50.5 Å². The number of ether oxygens (including phenoxy) is 2. The van der Waals surface area contributed by atoms with Gasteiger partial charge in [-0.15, -0.1) is 0 Å². The van der Waals surface area contributed by atoms with Gasteiger partial charge in [-0.3, -0.25) is 4.79 Å². The number of fused-ring (bicyclic) bond motifs is 1. The normalized spacial score (nSPS) is 17.0. The van der Waals surface area contributed by atoms with E-state index in [-0.39, 0.29) is 30.5 Å². The molecule has 2 unspecified atom stereocenters. The van der Waals surface area contributed by atoms with Gasteiger partial charge in [-0.05, 0) is 55.8 Å². The van der Waals surface area contributed by atoms with Gasteiger partial charge in [0.2, 0.25) is 0 Å². The van der Waals surface area contributed by atoms with E-state index in [2.05, 4.69) is 17.2 Å². The lowest BCUT2D eigenvalue weighted by atomic mass is 10.0. The fourth-order valence-electron chi connectivity index (χ4n) is 4.70. The van der Waals surface area contributed by atoms with Gasteiger partial charge in [0.05, 0.1) is 24.4 Å². The molecule has 1 aromatic heterocycles. The monoisotopic (exact) mass is 590 g/mol. The van der Waals surface area contributed by atoms with Crippen LogP contribution in [0, 0.1) is 11.8 Å². The molecule has 2 aromatic carbocycles. The Kier molecular flexibility index (Phi) is 11.1. The quantitative estimate of drug-likeness (QED) is 0.278. The number of hydrogen-bond acceptors (Lipinski definition) is 5. The number of carbonyl (C=O) groups excluding carboxylic acids is 1. The van der Waals surface area contributed by atoms with Crippen molar-refractivity contribution in [2.75, 3.05) is 53.3 Å². The summed E-state index contributed by atoms with van der Waals surface area (Å²) in [5.74, 6) is 6.02. The first-order valence-electron chi connectivity index (χ1n) is 13.8. The van der Waals surface area contributed by atoms with Crippen LogP contribution in [0.4, 0.5) is 23.2 Å². The van der Waals surface area contributed by atoms with Gasteiger partial charge >= 0.3 is 6.18 Å². The van der Waals surface area contributed by atoms with Gasteiger partial charge in [-0.1, -0.05) is 25.8 Å². The van der Waals surface area contributed by atoms with Crippen LogP contribution in [-0.2, 0) is 6.54 Å². The van der Waals surface area contributed by atoms with Crippen molar-refractivity contribution in [3.8, 4) is 23.3 Å². The second-order valence-corrected chi connectivity index (χ2v) is 9.94. The highest BCUT2D eigenvalue weighted by molar-refractivity contribution is 5.95. The average molecular weight is 591 g/mol. The zero-order valence-electron chi connectivity index (χ0n) is 24.8. The first kappa shape index (κ1) is 32.6. The van der Waals surface area contributed by atoms with Crippen LogP contribution >= 0.6 is 0 Å². The Hall–Kier alpha value is -3.91. The minimum atomic E-state index is -4.48. The molecule has 1 aliphatic rings. The number of methoxy groups -OCH3 is 1. The average Bonchev–Trinajstić information content (AvgIpc) is 3.29. The number of amides is 1. The van der Waals surface area contributed by atoms with Crippen LogP contribution in [0.3, 0.4) is 0 Å². The number of likely N-dealkylation sites (tertiary alicyclic amines) is 1. The molecule has 1 aliphatic heterocycles. The number of carbonyl (C=O) groups is 1. The second kappa shape index (κ2) is 14.3. The van der Waals surface area contributed by atoms with E-state index < -0.39 is 24.9 Å². The summed E-state index contributed by atoms with van der Waals surface area (Å²) in [7, 11) is 6.57. The Balaban J connectivity index is 0.00000237. The van der Waals surface area contributed by atoms with Crippen LogP contribution in [0.5, 0.6) is 11.5 Å². The number of rotatable bonds is 7. The molecule has 228 valence electrons. The summed E-state index contributed by atoms with van der Waals surface area (Å²) in [4.78, 5) is 15.6. The molecule has 1 N–H and O–H groups in total. The molecule has 42 heavy (non-hydrogen) atoms. The van der Waals surface area contributed by atoms with E-state index in [4.69, 9.17) is 9.47 Å². The smallest absolute Gasteiger partial charge is 0.406 e. The van der Waals surface area contributed by atoms with E-state index in [1.165, 1.54) is 18.1 Å². The number of piperidine rings is 1. The van der Waals surface area contributed by atoms with Gasteiger partial charge in [0.15, 0.2) is 11.5 Å². The number of nitrogens with zero attached hydrogens (tertiary/aromatic N) is 3. The van der Waals surface area contributed by atoms with E-state index in [0.717, 1.165) is 11.1 Å². The number of nitrogens with one attached hydrogen (secondary N) is 1. The fraction of sp³-hybridized carbons (Fsp3) is 0.452. The molecular formula is C31H38F4N4O3. The van der Waals surface area contributed by atoms with Gasteiger partial charge in [0.25, 0.3) is 5.91 Å². The molecule has 0 bridgehead atoms. The molecule has 11 heteroatoms. The summed E-state index contributed by atoms with van der Waals surface area (Å²) in [6.07, 6.45) is -5.01. The van der Waals surface area contributed by atoms with Crippen LogP contribution in [-0.4, -0.2) is 86.6 Å². The van der Waals surface area contributed by atoms with Crippen LogP contribution < -0.4 is 14.8 Å². The zero-order chi connectivity index (χ0) is 31.0. The summed E-state index contributed by atoms with van der Waals surface area (Å²) in [6.45, 7) is 3.62. The van der Waals surface area contributed by atoms with E-state index in [0.29, 0.717) is 34.3 Å². The molecule has 0 aliphatic carbocycles. The van der Waals surface area contributed by atoms with Crippen molar-refractivity contribution >= 4 is 22.5 Å². The lowest BCUT2D eigenvalue weighted by Crippen LogP contribution is -2.46. The standard InChI is InChI=1S/C29H32F4N4O3.C2H6/c1-35(2)28(38)19-10-11-26(39-4)27(15-19)40-14-6-7-20-16-21-23(34-24-12-13-36(3)17-22(24)30)8-5-9-25(21)37(20)18-29(31,32)33;1-2/h5,8-11,15-16,22,24,34H,12-14,17-18H2,1-4H3;1-2H3. The first-order chi connectivity index (χ1) is 20.0. The number of benzene rings is 2. The van der Waals surface area contributed by atoms with E-state index in [9.17, 15) is 22.4 Å². The molecule has 3 aromatic rings. The third-order valence-corrected chi connectivity index (χ3v) is 6.70. The van der Waals surface area contributed by atoms with Gasteiger partial charge in [-0.25, -0.2) is 4.39 Å². The predicted molar refractivity (Wildman–Crippen MR) is 157 cm³/mol. The Morgan fingerprint density at radius 1 is 1.14 bits per heavy atom. The number of aromatic nitrogens is 1. The molecule has 4 rings (SSSR count). The minimum absolute atomic E-state index is 0.147. The van der Waals surface area contributed by atoms with Crippen LogP contribution in [0.2, 0.25) is 0 Å². The summed E-state index contributed by atoms with van der Waals surface area (Å²) in [6, 6.07) is 10.8. The van der Waals surface area contributed by atoms with Crippen molar-refractivity contribution in [2.45, 2.75) is 45.2 Å². The number of halogens is 4. The van der Waals surface area contributed by atoms with Gasteiger partial charge < -0.3 is 29.2 Å². The van der Waals surface area contributed by atoms with Gasteiger partial charge in [0, 0.05) is 43.8 Å². The highest BCUT2D eigenvalue weighted by atomic mass is 19.4. The molecule has 1 saturated heterocycles. The van der Waals surface area contributed by atoms with Crippen molar-refractivity contribution in [1.82, 2.24) is 14.4 Å². The fourth-order valence-corrected chi connectivity index (χ4v) is 4.70. The van der Waals surface area contributed by atoms with Crippen molar-refractivity contribution < 1.29 is 31.8 Å². The Morgan fingerprint density at radius 3 is 2.52 bits per heavy atom. The number of anilines is 1. The summed E-state index contributed by atoms with van der Waals surface area (Å²) in [5.41, 5.74) is 1.43. The molecule has 2 atom stereocenters. The topological polar surface area (TPSA) is 59.0 Å². The third-order valence-electron chi connectivity index (χ3n) is 6.70. The molecule has 1 fully saturated rings. The lowest BCUT2D eigenvalue weighted by Gasteiger charge is -2.33. The SMILES string of the molecule is CC.COc1ccc(C(=O)N(C)C)cc1OCC#Cc1cc2c(NC3CCN(C)CC3F)cccc2n1CC(F)(F)F. The zero-order valence-corrected chi connectivity index (χ0v) is 24.8. The van der Waals surface area contributed by atoms with Crippen LogP contribution in [0.25, 0.3) is 10.9 Å². The van der Waals surface area contributed by atoms with Crippen molar-refractivity contribution in [1.29, 1.82) is 0 Å². The van der Waals surface area contributed by atoms with Crippen molar-refractivity contribution in [3.05, 3.63) is 53.7 Å². The van der Waals surface area contributed by atoms with Crippen molar-refractivity contribution in [2.24, 2.45) is 0 Å². The largest absolute Gasteiger partial charge is 0.493 e. The lowest BCUT2D eigenvalue weighted by molar-refractivity contribution is -0.140. The van der Waals surface area contributed by atoms with Gasteiger partial charge in [-0.2, -0.15) is 13.2 Å². The maximum Gasteiger partial charge on any atom is 0.406 e. The predicted octanol–water partition coefficient (Wildman–Crippen LogP) is 5.82. The highest BCUT2D eigenvalue weighted by Crippen LogP contribution is 2.32. The Labute approximate surface area is 244 Å². The molecular weight excluding hydrogens is 552 g/mol. The van der Waals surface area contributed by atoms with Crippen molar-refractivity contribution in [3.63, 3.8) is 0 Å². The highest BCUT2D eigenvalue weighted by Gasteiger charge is 2.31. The summed E-state index contributed by atoms with van der Waals surface area (Å²) >= 11 is 0.